The van der Waals surface area contributed by atoms with Crippen molar-refractivity contribution in [2.24, 2.45) is 0 Å². The van der Waals surface area contributed by atoms with Crippen LogP contribution in [-0.4, -0.2) is 17.0 Å². The predicted octanol–water partition coefficient (Wildman–Crippen LogP) is 15.8. The number of hydrogen-bond acceptors (Lipinski definition) is 2. The Labute approximate surface area is 328 Å². The average Bonchev–Trinajstić information content (AvgIpc) is 3.39. The zero-order valence-electron chi connectivity index (χ0n) is 38.4. The third-order valence-electron chi connectivity index (χ3n) is 12.3. The monoisotopic (exact) mass is 725 g/mol. The van der Waals surface area contributed by atoms with Crippen LogP contribution in [0, 0.1) is 0 Å². The van der Waals surface area contributed by atoms with Gasteiger partial charge in [-0.05, 0) is 107 Å². The summed E-state index contributed by atoms with van der Waals surface area (Å²) >= 11 is 0. The van der Waals surface area contributed by atoms with Crippen LogP contribution in [0.4, 0.5) is 0 Å². The Kier molecular flexibility index (Phi) is 16.4. The maximum absolute atomic E-state index is 5.73. The van der Waals surface area contributed by atoms with Crippen molar-refractivity contribution in [2.75, 3.05) is 0 Å². The minimum Gasteiger partial charge on any atom is -0.342 e. The minimum atomic E-state index is -0.438. The second kappa shape index (κ2) is 18.1. The number of hydrogen-bond donors (Lipinski definition) is 0. The van der Waals surface area contributed by atoms with Gasteiger partial charge in [-0.3, -0.25) is 0 Å². The quantitative estimate of drug-likeness (QED) is 0.180. The molecule has 53 heavy (non-hydrogen) atoms. The molecule has 296 valence electrons. The number of rotatable bonds is 0. The topological polar surface area (TPSA) is 18.5 Å². The first kappa shape index (κ1) is 48.1. The Hall–Kier alpha value is -2.94. The van der Waals surface area contributed by atoms with Crippen LogP contribution >= 0.6 is 0 Å². The molecule has 0 spiro atoms. The van der Waals surface area contributed by atoms with Gasteiger partial charge in [-0.15, -0.1) is 0 Å². The van der Waals surface area contributed by atoms with Crippen LogP contribution in [0.5, 0.6) is 0 Å². The van der Waals surface area contributed by atoms with E-state index in [-0.39, 0.29) is 32.9 Å². The van der Waals surface area contributed by atoms with Crippen molar-refractivity contribution in [1.82, 2.24) is 0 Å². The normalized spacial score (nSPS) is 19.7. The van der Waals surface area contributed by atoms with E-state index in [1.165, 1.54) is 44.2 Å². The Morgan fingerprint density at radius 2 is 0.585 bits per heavy atom. The van der Waals surface area contributed by atoms with Gasteiger partial charge in [0, 0.05) is 0 Å². The van der Waals surface area contributed by atoms with Gasteiger partial charge in [-0.1, -0.05) is 196 Å². The smallest absolute Gasteiger partial charge is 0.164 e. The summed E-state index contributed by atoms with van der Waals surface area (Å²) in [6.07, 6.45) is 0. The average molecular weight is 725 g/mol. The van der Waals surface area contributed by atoms with E-state index in [1.54, 1.807) is 0 Å². The number of fused-ring (bicyclic) bond motifs is 3. The molecule has 2 aliphatic carbocycles. The van der Waals surface area contributed by atoms with Crippen LogP contribution in [-0.2, 0) is 31.1 Å². The Bertz CT molecular complexity index is 1610. The molecule has 1 saturated heterocycles. The van der Waals surface area contributed by atoms with Crippen LogP contribution in [0.2, 0.25) is 0 Å². The predicted molar refractivity (Wildman–Crippen MR) is 238 cm³/mol. The summed E-state index contributed by atoms with van der Waals surface area (Å²) in [7, 11) is 0. The lowest BCUT2D eigenvalue weighted by molar-refractivity contribution is -0.163. The van der Waals surface area contributed by atoms with E-state index in [0.717, 1.165) is 0 Å². The molecule has 3 aliphatic rings. The molecule has 2 heteroatoms. The highest BCUT2D eigenvalue weighted by Crippen LogP contribution is 2.55. The lowest BCUT2D eigenvalue weighted by atomic mass is 9.55. The molecule has 0 unspecified atom stereocenters. The van der Waals surface area contributed by atoms with Crippen molar-refractivity contribution in [3.05, 3.63) is 107 Å². The van der Waals surface area contributed by atoms with E-state index in [0.29, 0.717) is 0 Å². The molecule has 2 nitrogen and oxygen atoms in total. The van der Waals surface area contributed by atoms with E-state index in [2.05, 4.69) is 168 Å². The van der Waals surface area contributed by atoms with Gasteiger partial charge in [-0.2, -0.15) is 0 Å². The summed E-state index contributed by atoms with van der Waals surface area (Å²) in [6, 6.07) is 31.1. The highest BCUT2D eigenvalue weighted by atomic mass is 16.8. The van der Waals surface area contributed by atoms with Gasteiger partial charge in [-0.25, -0.2) is 0 Å². The van der Waals surface area contributed by atoms with Crippen LogP contribution in [0.3, 0.4) is 0 Å². The minimum absolute atomic E-state index is 0.151. The SMILES string of the molecule is CC.CC.CC.CC.CC1(C)OC(C)(C)C(C)(C)O1.CC1(C)c2cccc3cccc(c23)C1(C)C.CC1(C)c2ccccc2-c2ccccc2C1(C)C. The van der Waals surface area contributed by atoms with Crippen molar-refractivity contribution in [3.8, 4) is 11.1 Å². The Morgan fingerprint density at radius 1 is 0.321 bits per heavy atom. The summed E-state index contributed by atoms with van der Waals surface area (Å²) in [4.78, 5) is 0. The van der Waals surface area contributed by atoms with Gasteiger partial charge >= 0.3 is 0 Å². The van der Waals surface area contributed by atoms with Gasteiger partial charge in [0.05, 0.1) is 11.2 Å². The Balaban J connectivity index is 0.000000371. The van der Waals surface area contributed by atoms with E-state index in [9.17, 15) is 0 Å². The fourth-order valence-electron chi connectivity index (χ4n) is 7.75. The molecule has 1 fully saturated rings. The fraction of sp³-hybridized carbons (Fsp3) is 0.569. The van der Waals surface area contributed by atoms with Crippen LogP contribution in [0.25, 0.3) is 21.9 Å². The molecule has 0 atom stereocenters. The van der Waals surface area contributed by atoms with E-state index >= 15 is 0 Å². The zero-order chi connectivity index (χ0) is 41.4. The number of benzene rings is 4. The molecular formula is C51H80O2. The molecule has 4 aromatic rings. The van der Waals surface area contributed by atoms with Crippen molar-refractivity contribution >= 4 is 10.8 Å². The molecule has 0 aromatic heterocycles. The molecule has 7 rings (SSSR count). The zero-order valence-corrected chi connectivity index (χ0v) is 38.4. The summed E-state index contributed by atoms with van der Waals surface area (Å²) in [5, 5.41) is 2.87. The van der Waals surface area contributed by atoms with Crippen LogP contribution in [0.15, 0.2) is 84.9 Å². The maximum atomic E-state index is 5.73. The van der Waals surface area contributed by atoms with Gasteiger partial charge in [0.2, 0.25) is 0 Å². The summed E-state index contributed by atoms with van der Waals surface area (Å²) in [6.45, 7) is 47.0. The van der Waals surface area contributed by atoms with Crippen LogP contribution in [0.1, 0.15) is 175 Å². The molecule has 0 amide bonds. The first-order valence-electron chi connectivity index (χ1n) is 20.7. The molecular weight excluding hydrogens is 645 g/mol. The second-order valence-corrected chi connectivity index (χ2v) is 16.9. The highest BCUT2D eigenvalue weighted by Gasteiger charge is 2.52. The van der Waals surface area contributed by atoms with Gasteiger partial charge in [0.25, 0.3) is 0 Å². The van der Waals surface area contributed by atoms with Gasteiger partial charge in [0.15, 0.2) is 5.79 Å². The Morgan fingerprint density at radius 3 is 0.868 bits per heavy atom. The third kappa shape index (κ3) is 8.97. The van der Waals surface area contributed by atoms with E-state index in [1.807, 2.05) is 69.2 Å². The molecule has 1 aliphatic heterocycles. The molecule has 0 bridgehead atoms. The summed E-state index contributed by atoms with van der Waals surface area (Å²) < 4.78 is 11.5. The third-order valence-corrected chi connectivity index (χ3v) is 12.3. The molecule has 4 aromatic carbocycles. The maximum Gasteiger partial charge on any atom is 0.164 e. The van der Waals surface area contributed by atoms with Crippen LogP contribution < -0.4 is 0 Å². The lowest BCUT2D eigenvalue weighted by Gasteiger charge is -2.48. The van der Waals surface area contributed by atoms with Crippen molar-refractivity contribution in [3.63, 3.8) is 0 Å². The second-order valence-electron chi connectivity index (χ2n) is 16.9. The lowest BCUT2D eigenvalue weighted by Crippen LogP contribution is -2.43. The fourth-order valence-corrected chi connectivity index (χ4v) is 7.75. The standard InChI is InChI=1S/C18H20.C16H18.C9H18O2.4C2H6/c1-17(2)15-11-7-5-9-13(15)14-10-6-8-12-16(14)18(17,3)4;1-15(2)12-9-5-7-11-8-6-10-13(14(11)12)16(15,3)4;1-7(2)8(3,4)11-9(5,6)10-7;4*1-2/h5-12H,1-4H3;5-10H,1-4H3;1-6H3;4*1-2H3. The first-order chi connectivity index (χ1) is 24.6. The van der Waals surface area contributed by atoms with Crippen molar-refractivity contribution in [2.45, 2.75) is 191 Å². The summed E-state index contributed by atoms with van der Waals surface area (Å²) in [5.41, 5.74) is 9.09. The van der Waals surface area contributed by atoms with Crippen molar-refractivity contribution < 1.29 is 9.47 Å². The molecule has 1 heterocycles. The highest BCUT2D eigenvalue weighted by molar-refractivity contribution is 5.93. The largest absolute Gasteiger partial charge is 0.342 e. The molecule has 0 radical (unpaired) electrons. The van der Waals surface area contributed by atoms with Gasteiger partial charge in [0.1, 0.15) is 0 Å². The van der Waals surface area contributed by atoms with Gasteiger partial charge < -0.3 is 9.47 Å². The van der Waals surface area contributed by atoms with E-state index < -0.39 is 5.79 Å². The summed E-state index contributed by atoms with van der Waals surface area (Å²) in [5.74, 6) is -0.438. The van der Waals surface area contributed by atoms with Crippen molar-refractivity contribution in [1.29, 1.82) is 0 Å². The first-order valence-corrected chi connectivity index (χ1v) is 20.7. The molecule has 0 saturated carbocycles. The number of ether oxygens (including phenoxy) is 2. The molecule has 0 N–H and O–H groups in total. The van der Waals surface area contributed by atoms with E-state index in [4.69, 9.17) is 9.47 Å².